The molecule has 1 N–H and O–H groups in total. The zero-order valence-corrected chi connectivity index (χ0v) is 22.5. The third kappa shape index (κ3) is 5.02. The summed E-state index contributed by atoms with van der Waals surface area (Å²) in [5.41, 5.74) is 7.74. The van der Waals surface area contributed by atoms with Crippen LogP contribution < -0.4 is 15.2 Å². The zero-order valence-electron chi connectivity index (χ0n) is 20.9. The van der Waals surface area contributed by atoms with Gasteiger partial charge in [0.1, 0.15) is 15.8 Å². The largest absolute Gasteiger partial charge is 0.497 e. The highest BCUT2D eigenvalue weighted by Crippen LogP contribution is 2.42. The maximum absolute atomic E-state index is 12.6. The van der Waals surface area contributed by atoms with Crippen LogP contribution in [0.5, 0.6) is 5.75 Å². The van der Waals surface area contributed by atoms with Crippen LogP contribution in [0.25, 0.3) is 10.9 Å². The van der Waals surface area contributed by atoms with Crippen molar-refractivity contribution in [3.63, 3.8) is 0 Å². The molecule has 0 saturated heterocycles. The number of nitrogens with one attached hydrogen (secondary N) is 1. The zero-order chi connectivity index (χ0) is 26.1. The molecule has 0 bridgehead atoms. The lowest BCUT2D eigenvalue weighted by atomic mass is 9.98. The Balaban J connectivity index is 1.59. The SMILES string of the molecule is CCONC(=O)c1sc(N2N=C(c3ccc(C)cc3)CC2c2cc3cc(OC)ccc3nc2Cl)nc1C. The van der Waals surface area contributed by atoms with Crippen LogP contribution in [0.3, 0.4) is 0 Å². The van der Waals surface area contributed by atoms with Crippen molar-refractivity contribution in [2.24, 2.45) is 5.10 Å². The van der Waals surface area contributed by atoms with Crippen molar-refractivity contribution in [2.75, 3.05) is 18.7 Å². The summed E-state index contributed by atoms with van der Waals surface area (Å²) in [7, 11) is 1.63. The Morgan fingerprint density at radius 3 is 2.68 bits per heavy atom. The van der Waals surface area contributed by atoms with Gasteiger partial charge < -0.3 is 4.74 Å². The van der Waals surface area contributed by atoms with E-state index < -0.39 is 0 Å². The van der Waals surface area contributed by atoms with Gasteiger partial charge in [-0.15, -0.1) is 0 Å². The number of aromatic nitrogens is 2. The molecule has 2 aromatic heterocycles. The monoisotopic (exact) mass is 535 g/mol. The molecule has 190 valence electrons. The highest BCUT2D eigenvalue weighted by atomic mass is 35.5. The van der Waals surface area contributed by atoms with Gasteiger partial charge in [-0.05, 0) is 50.6 Å². The maximum atomic E-state index is 12.6. The van der Waals surface area contributed by atoms with Crippen LogP contribution in [0.1, 0.15) is 51.4 Å². The van der Waals surface area contributed by atoms with Crippen LogP contribution in [0.2, 0.25) is 5.15 Å². The third-order valence-corrected chi connectivity index (χ3v) is 7.60. The lowest BCUT2D eigenvalue weighted by Gasteiger charge is -2.22. The molecule has 8 nitrogen and oxygen atoms in total. The minimum Gasteiger partial charge on any atom is -0.497 e. The summed E-state index contributed by atoms with van der Waals surface area (Å²) in [6, 6.07) is 15.7. The maximum Gasteiger partial charge on any atom is 0.286 e. The molecule has 5 rings (SSSR count). The van der Waals surface area contributed by atoms with Crippen LogP contribution in [0.4, 0.5) is 5.13 Å². The van der Waals surface area contributed by atoms with Gasteiger partial charge >= 0.3 is 0 Å². The molecular weight excluding hydrogens is 510 g/mol. The number of ether oxygens (including phenoxy) is 1. The van der Waals surface area contributed by atoms with E-state index in [2.05, 4.69) is 41.7 Å². The number of halogens is 1. The standard InChI is InChI=1S/C27H26ClN5O3S/c1-5-36-32-26(34)24-16(3)29-27(37-24)33-23(14-22(31-33)17-8-6-15(2)7-9-17)20-13-18-12-19(35-4)10-11-21(18)30-25(20)28/h6-13,23H,5,14H2,1-4H3,(H,32,34). The number of aryl methyl sites for hydroxylation is 2. The molecule has 3 heterocycles. The van der Waals surface area contributed by atoms with Gasteiger partial charge in [0.05, 0.1) is 36.7 Å². The number of carbonyl (C=O) groups excluding carboxylic acids is 1. The number of anilines is 1. The number of amides is 1. The van der Waals surface area contributed by atoms with Gasteiger partial charge in [-0.3, -0.25) is 9.63 Å². The number of rotatable bonds is 7. The van der Waals surface area contributed by atoms with Crippen molar-refractivity contribution in [1.29, 1.82) is 0 Å². The molecule has 0 aliphatic carbocycles. The minimum atomic E-state index is -0.334. The second-order valence-electron chi connectivity index (χ2n) is 8.68. The van der Waals surface area contributed by atoms with Gasteiger partial charge in [-0.25, -0.2) is 20.5 Å². The molecule has 37 heavy (non-hydrogen) atoms. The van der Waals surface area contributed by atoms with E-state index in [1.54, 1.807) is 21.0 Å². The Hall–Kier alpha value is -3.53. The molecule has 2 aromatic carbocycles. The van der Waals surface area contributed by atoms with Gasteiger partial charge in [-0.1, -0.05) is 52.8 Å². The number of hydrogen-bond donors (Lipinski definition) is 1. The van der Waals surface area contributed by atoms with Crippen molar-refractivity contribution >= 4 is 50.6 Å². The molecule has 1 amide bonds. The average molecular weight is 536 g/mol. The first-order chi connectivity index (χ1) is 17.9. The smallest absolute Gasteiger partial charge is 0.286 e. The second-order valence-corrected chi connectivity index (χ2v) is 10.0. The number of benzene rings is 2. The van der Waals surface area contributed by atoms with E-state index in [4.69, 9.17) is 31.3 Å². The summed E-state index contributed by atoms with van der Waals surface area (Å²) in [5, 5.41) is 8.72. The predicted molar refractivity (Wildman–Crippen MR) is 147 cm³/mol. The fourth-order valence-corrected chi connectivity index (χ4v) is 5.46. The highest BCUT2D eigenvalue weighted by Gasteiger charge is 2.34. The van der Waals surface area contributed by atoms with Gasteiger partial charge in [0.25, 0.3) is 5.91 Å². The number of carbonyl (C=O) groups is 1. The van der Waals surface area contributed by atoms with Crippen molar-refractivity contribution in [3.05, 3.63) is 80.9 Å². The molecular formula is C27H26ClN5O3S. The molecule has 1 aliphatic heterocycles. The van der Waals surface area contributed by atoms with E-state index >= 15 is 0 Å². The minimum absolute atomic E-state index is 0.264. The van der Waals surface area contributed by atoms with Crippen LogP contribution in [0.15, 0.2) is 53.6 Å². The quantitative estimate of drug-likeness (QED) is 0.230. The Morgan fingerprint density at radius 1 is 1.16 bits per heavy atom. The van der Waals surface area contributed by atoms with E-state index in [0.717, 1.165) is 33.5 Å². The van der Waals surface area contributed by atoms with Crippen molar-refractivity contribution in [3.8, 4) is 5.75 Å². The number of methoxy groups -OCH3 is 1. The number of pyridine rings is 1. The topological polar surface area (TPSA) is 88.9 Å². The Morgan fingerprint density at radius 2 is 1.95 bits per heavy atom. The lowest BCUT2D eigenvalue weighted by molar-refractivity contribution is 0.0367. The van der Waals surface area contributed by atoms with E-state index in [0.29, 0.717) is 33.9 Å². The fourth-order valence-electron chi connectivity index (χ4n) is 4.23. The number of hydrazone groups is 1. The summed E-state index contributed by atoms with van der Waals surface area (Å²) in [6.07, 6.45) is 0.596. The molecule has 0 fully saturated rings. The number of hydroxylamine groups is 1. The van der Waals surface area contributed by atoms with Crippen LogP contribution in [0, 0.1) is 13.8 Å². The van der Waals surface area contributed by atoms with Crippen molar-refractivity contribution in [1.82, 2.24) is 15.4 Å². The lowest BCUT2D eigenvalue weighted by Crippen LogP contribution is -2.23. The van der Waals surface area contributed by atoms with E-state index in [9.17, 15) is 4.79 Å². The Bertz CT molecular complexity index is 1500. The highest BCUT2D eigenvalue weighted by molar-refractivity contribution is 7.17. The van der Waals surface area contributed by atoms with Crippen LogP contribution >= 0.6 is 22.9 Å². The second kappa shape index (κ2) is 10.5. The molecule has 10 heteroatoms. The molecule has 0 spiro atoms. The predicted octanol–water partition coefficient (Wildman–Crippen LogP) is 6.01. The van der Waals surface area contributed by atoms with Crippen molar-refractivity contribution < 1.29 is 14.4 Å². The van der Waals surface area contributed by atoms with Crippen LogP contribution in [-0.4, -0.2) is 35.3 Å². The molecule has 0 radical (unpaired) electrons. The first-order valence-electron chi connectivity index (χ1n) is 11.9. The Labute approximate surface area is 223 Å². The van der Waals surface area contributed by atoms with Gasteiger partial charge in [-0.2, -0.15) is 5.10 Å². The molecule has 0 saturated carbocycles. The first kappa shape index (κ1) is 25.1. The fraction of sp³-hybridized carbons (Fsp3) is 0.259. The summed E-state index contributed by atoms with van der Waals surface area (Å²) in [4.78, 5) is 27.5. The molecule has 4 aromatic rings. The molecule has 1 unspecified atom stereocenters. The van der Waals surface area contributed by atoms with Gasteiger partial charge in [0.15, 0.2) is 0 Å². The van der Waals surface area contributed by atoms with Gasteiger partial charge in [0.2, 0.25) is 5.13 Å². The number of hydrogen-bond acceptors (Lipinski definition) is 8. The molecule has 1 aliphatic rings. The van der Waals surface area contributed by atoms with Crippen LogP contribution in [-0.2, 0) is 4.84 Å². The van der Waals surface area contributed by atoms with Gasteiger partial charge in [0, 0.05) is 17.4 Å². The van der Waals surface area contributed by atoms with Crippen molar-refractivity contribution in [2.45, 2.75) is 33.2 Å². The first-order valence-corrected chi connectivity index (χ1v) is 13.0. The Kier molecular flexibility index (Phi) is 7.10. The average Bonchev–Trinajstić information content (AvgIpc) is 3.51. The summed E-state index contributed by atoms with van der Waals surface area (Å²) in [6.45, 7) is 6.02. The van der Waals surface area contributed by atoms with E-state index in [1.807, 2.05) is 29.3 Å². The summed E-state index contributed by atoms with van der Waals surface area (Å²) in [5.74, 6) is 0.405. The van der Waals surface area contributed by atoms with E-state index in [1.165, 1.54) is 16.9 Å². The van der Waals surface area contributed by atoms with E-state index in [-0.39, 0.29) is 11.9 Å². The third-order valence-electron chi connectivity index (χ3n) is 6.15. The number of fused-ring (bicyclic) bond motifs is 1. The number of nitrogens with zero attached hydrogens (tertiary/aromatic N) is 4. The number of thiazole rings is 1. The normalized spacial score (nSPS) is 15.2. The summed E-state index contributed by atoms with van der Waals surface area (Å²) >= 11 is 8.01. The summed E-state index contributed by atoms with van der Waals surface area (Å²) < 4.78 is 5.41. The molecule has 1 atom stereocenters.